The summed E-state index contributed by atoms with van der Waals surface area (Å²) < 4.78 is 10.2. The Kier molecular flexibility index (Phi) is 7.82. The standard InChI is InChI=1S/C17H32N2O4/c1-6-14(15(20)22-5)18-10-9-13-8-7-11-19(12-13)16(21)23-17(2,3)4/h13-14,18H,6-12H2,1-5H3. The summed E-state index contributed by atoms with van der Waals surface area (Å²) in [6.45, 7) is 9.85. The molecule has 1 amide bonds. The van der Waals surface area contributed by atoms with Gasteiger partial charge in [0, 0.05) is 13.1 Å². The van der Waals surface area contributed by atoms with E-state index >= 15 is 0 Å². The van der Waals surface area contributed by atoms with Gasteiger partial charge in [-0.05, 0) is 58.9 Å². The number of nitrogens with one attached hydrogen (secondary N) is 1. The zero-order valence-corrected chi connectivity index (χ0v) is 15.2. The Labute approximate surface area is 139 Å². The summed E-state index contributed by atoms with van der Waals surface area (Å²) in [6.07, 6.45) is 3.53. The lowest BCUT2D eigenvalue weighted by Crippen LogP contribution is -2.44. The number of piperidine rings is 1. The molecule has 0 saturated carbocycles. The van der Waals surface area contributed by atoms with Crippen LogP contribution in [0, 0.1) is 5.92 Å². The van der Waals surface area contributed by atoms with Crippen molar-refractivity contribution in [2.45, 2.75) is 65.0 Å². The van der Waals surface area contributed by atoms with Crippen LogP contribution in [0.1, 0.15) is 53.4 Å². The molecule has 134 valence electrons. The monoisotopic (exact) mass is 328 g/mol. The number of carbonyl (C=O) groups excluding carboxylic acids is 2. The van der Waals surface area contributed by atoms with Gasteiger partial charge in [0.2, 0.25) is 0 Å². The molecule has 1 aliphatic rings. The molecule has 1 fully saturated rings. The highest BCUT2D eigenvalue weighted by Gasteiger charge is 2.27. The summed E-state index contributed by atoms with van der Waals surface area (Å²) >= 11 is 0. The third-order valence-corrected chi connectivity index (χ3v) is 4.01. The van der Waals surface area contributed by atoms with E-state index in [4.69, 9.17) is 9.47 Å². The van der Waals surface area contributed by atoms with E-state index in [1.165, 1.54) is 7.11 Å². The average Bonchev–Trinajstić information content (AvgIpc) is 2.49. The first kappa shape index (κ1) is 19.7. The number of nitrogens with zero attached hydrogens (tertiary/aromatic N) is 1. The minimum Gasteiger partial charge on any atom is -0.468 e. The molecule has 23 heavy (non-hydrogen) atoms. The first-order valence-corrected chi connectivity index (χ1v) is 8.56. The van der Waals surface area contributed by atoms with Gasteiger partial charge in [0.15, 0.2) is 0 Å². The summed E-state index contributed by atoms with van der Waals surface area (Å²) in [6, 6.07) is -0.245. The maximum absolute atomic E-state index is 12.1. The smallest absolute Gasteiger partial charge is 0.410 e. The van der Waals surface area contributed by atoms with Gasteiger partial charge in [0.25, 0.3) is 0 Å². The summed E-state index contributed by atoms with van der Waals surface area (Å²) in [5.41, 5.74) is -0.458. The van der Waals surface area contributed by atoms with Crippen LogP contribution < -0.4 is 5.32 Å². The van der Waals surface area contributed by atoms with Crippen molar-refractivity contribution in [1.82, 2.24) is 10.2 Å². The van der Waals surface area contributed by atoms with Crippen LogP contribution in [-0.4, -0.2) is 55.3 Å². The Bertz CT molecular complexity index is 393. The SMILES string of the molecule is CCC(NCCC1CCCN(C(=O)OC(C)(C)C)C1)C(=O)OC. The van der Waals surface area contributed by atoms with Crippen molar-refractivity contribution in [2.75, 3.05) is 26.7 Å². The molecular weight excluding hydrogens is 296 g/mol. The van der Waals surface area contributed by atoms with Crippen molar-refractivity contribution < 1.29 is 19.1 Å². The second-order valence-corrected chi connectivity index (χ2v) is 7.16. The van der Waals surface area contributed by atoms with Gasteiger partial charge in [-0.3, -0.25) is 4.79 Å². The number of rotatable bonds is 6. The minimum atomic E-state index is -0.458. The fraction of sp³-hybridized carbons (Fsp3) is 0.882. The molecule has 1 heterocycles. The zero-order chi connectivity index (χ0) is 17.5. The molecule has 0 spiro atoms. The highest BCUT2D eigenvalue weighted by atomic mass is 16.6. The minimum absolute atomic E-state index is 0.216. The van der Waals surface area contributed by atoms with Crippen LogP contribution in [0.25, 0.3) is 0 Å². The van der Waals surface area contributed by atoms with E-state index in [0.717, 1.165) is 38.9 Å². The number of methoxy groups -OCH3 is 1. The van der Waals surface area contributed by atoms with E-state index in [0.29, 0.717) is 12.3 Å². The van der Waals surface area contributed by atoms with E-state index in [9.17, 15) is 9.59 Å². The van der Waals surface area contributed by atoms with Gasteiger partial charge >= 0.3 is 12.1 Å². The number of hydrogen-bond acceptors (Lipinski definition) is 5. The second kappa shape index (κ2) is 9.11. The number of ether oxygens (including phenoxy) is 2. The fourth-order valence-electron chi connectivity index (χ4n) is 2.79. The molecule has 1 N–H and O–H groups in total. The van der Waals surface area contributed by atoms with E-state index in [-0.39, 0.29) is 18.1 Å². The molecule has 0 aromatic carbocycles. The molecule has 0 aromatic rings. The van der Waals surface area contributed by atoms with E-state index in [1.807, 2.05) is 27.7 Å². The van der Waals surface area contributed by atoms with Gasteiger partial charge < -0.3 is 19.7 Å². The van der Waals surface area contributed by atoms with Gasteiger partial charge in [-0.1, -0.05) is 6.92 Å². The van der Waals surface area contributed by atoms with E-state index in [2.05, 4.69) is 5.32 Å². The van der Waals surface area contributed by atoms with Gasteiger partial charge in [0.05, 0.1) is 7.11 Å². The Hall–Kier alpha value is -1.30. The third-order valence-electron chi connectivity index (χ3n) is 4.01. The van der Waals surface area contributed by atoms with Gasteiger partial charge in [-0.15, -0.1) is 0 Å². The van der Waals surface area contributed by atoms with Crippen LogP contribution in [0.5, 0.6) is 0 Å². The fourth-order valence-corrected chi connectivity index (χ4v) is 2.79. The molecule has 6 heteroatoms. The first-order valence-electron chi connectivity index (χ1n) is 8.56. The van der Waals surface area contributed by atoms with Crippen LogP contribution in [0.2, 0.25) is 0 Å². The summed E-state index contributed by atoms with van der Waals surface area (Å²) in [5.74, 6) is 0.227. The second-order valence-electron chi connectivity index (χ2n) is 7.16. The number of hydrogen-bond donors (Lipinski definition) is 1. The van der Waals surface area contributed by atoms with Crippen LogP contribution in [0.3, 0.4) is 0 Å². The normalized spacial score (nSPS) is 20.0. The van der Waals surface area contributed by atoms with E-state index < -0.39 is 5.60 Å². The summed E-state index contributed by atoms with van der Waals surface area (Å²) in [4.78, 5) is 25.5. The Morgan fingerprint density at radius 2 is 2.04 bits per heavy atom. The van der Waals surface area contributed by atoms with Crippen LogP contribution in [0.15, 0.2) is 0 Å². The molecule has 0 aliphatic carbocycles. The maximum atomic E-state index is 12.1. The average molecular weight is 328 g/mol. The topological polar surface area (TPSA) is 67.9 Å². The van der Waals surface area contributed by atoms with Gasteiger partial charge in [-0.25, -0.2) is 4.79 Å². The molecule has 1 saturated heterocycles. The maximum Gasteiger partial charge on any atom is 0.410 e. The summed E-state index contributed by atoms with van der Waals surface area (Å²) in [5, 5.41) is 3.24. The van der Waals surface area contributed by atoms with Crippen molar-refractivity contribution in [2.24, 2.45) is 5.92 Å². The number of likely N-dealkylation sites (tertiary alicyclic amines) is 1. The van der Waals surface area contributed by atoms with Crippen molar-refractivity contribution in [1.29, 1.82) is 0 Å². The molecule has 0 bridgehead atoms. The molecule has 1 rings (SSSR count). The molecule has 0 radical (unpaired) electrons. The van der Waals surface area contributed by atoms with Gasteiger partial charge in [0.1, 0.15) is 11.6 Å². The Morgan fingerprint density at radius 3 is 2.61 bits per heavy atom. The number of amides is 1. The largest absolute Gasteiger partial charge is 0.468 e. The van der Waals surface area contributed by atoms with Crippen LogP contribution in [-0.2, 0) is 14.3 Å². The van der Waals surface area contributed by atoms with Gasteiger partial charge in [-0.2, -0.15) is 0 Å². The molecule has 6 nitrogen and oxygen atoms in total. The number of esters is 1. The molecule has 2 unspecified atom stereocenters. The molecule has 1 aliphatic heterocycles. The van der Waals surface area contributed by atoms with Crippen molar-refractivity contribution in [3.8, 4) is 0 Å². The summed E-state index contributed by atoms with van der Waals surface area (Å²) in [7, 11) is 1.41. The third kappa shape index (κ3) is 7.20. The molecule has 0 aromatic heterocycles. The van der Waals surface area contributed by atoms with Crippen molar-refractivity contribution in [3.05, 3.63) is 0 Å². The lowest BCUT2D eigenvalue weighted by atomic mass is 9.95. The molecule has 2 atom stereocenters. The molecular formula is C17H32N2O4. The van der Waals surface area contributed by atoms with Crippen molar-refractivity contribution >= 4 is 12.1 Å². The predicted molar refractivity (Wildman–Crippen MR) is 89.2 cm³/mol. The quantitative estimate of drug-likeness (QED) is 0.759. The zero-order valence-electron chi connectivity index (χ0n) is 15.2. The highest BCUT2D eigenvalue weighted by Crippen LogP contribution is 2.21. The van der Waals surface area contributed by atoms with Crippen LogP contribution in [0.4, 0.5) is 4.79 Å². The lowest BCUT2D eigenvalue weighted by Gasteiger charge is -2.34. The van der Waals surface area contributed by atoms with E-state index in [1.54, 1.807) is 4.90 Å². The van der Waals surface area contributed by atoms with Crippen molar-refractivity contribution in [3.63, 3.8) is 0 Å². The lowest BCUT2D eigenvalue weighted by molar-refractivity contribution is -0.143. The highest BCUT2D eigenvalue weighted by molar-refractivity contribution is 5.75. The van der Waals surface area contributed by atoms with Crippen LogP contribution >= 0.6 is 0 Å². The Morgan fingerprint density at radius 1 is 1.35 bits per heavy atom. The first-order chi connectivity index (χ1) is 10.8. The predicted octanol–water partition coefficient (Wildman–Crippen LogP) is 2.56. The Balaban J connectivity index is 2.38. The number of carbonyl (C=O) groups is 2.